The van der Waals surface area contributed by atoms with E-state index in [1.807, 2.05) is 32.9 Å². The van der Waals surface area contributed by atoms with Crippen LogP contribution in [-0.2, 0) is 10.0 Å². The average Bonchev–Trinajstić information content (AvgIpc) is 2.82. The Hall–Kier alpha value is -3.36. The molecule has 0 atom stereocenters. The maximum absolute atomic E-state index is 13.1. The normalized spacial score (nSPS) is 11.1. The molecule has 0 unspecified atom stereocenters. The number of rotatable bonds is 8. The molecule has 2 amide bonds. The summed E-state index contributed by atoms with van der Waals surface area (Å²) in [5, 5.41) is 2.71. The number of nitrogens with zero attached hydrogens (tertiary/aromatic N) is 1. The Morgan fingerprint density at radius 2 is 1.60 bits per heavy atom. The van der Waals surface area contributed by atoms with E-state index in [1.54, 1.807) is 42.2 Å². The molecule has 35 heavy (non-hydrogen) atoms. The minimum absolute atomic E-state index is 0.0172. The fourth-order valence-electron chi connectivity index (χ4n) is 3.55. The fraction of sp³-hybridized carbons (Fsp3) is 0.231. The lowest BCUT2D eigenvalue weighted by atomic mass is 10.1. The summed E-state index contributed by atoms with van der Waals surface area (Å²) >= 11 is 6.22. The van der Waals surface area contributed by atoms with Crippen LogP contribution in [-0.4, -0.2) is 38.2 Å². The predicted molar refractivity (Wildman–Crippen MR) is 140 cm³/mol. The van der Waals surface area contributed by atoms with E-state index in [0.717, 1.165) is 11.1 Å². The molecule has 0 heterocycles. The monoisotopic (exact) mass is 513 g/mol. The number of anilines is 2. The number of hydrogen-bond donors (Lipinski definition) is 2. The van der Waals surface area contributed by atoms with Gasteiger partial charge in [0.2, 0.25) is 0 Å². The standard InChI is InChI=1S/C26H28ClN3O4S/c1-5-30(6-2)26(32)20-9-7-8-10-22(20)28-25(31)19-13-14-21(27)24(16-19)35(33,34)29-23-15-17(3)11-12-18(23)4/h7-16,29H,5-6H2,1-4H3,(H,28,31). The number of nitrogens with one attached hydrogen (secondary N) is 2. The molecule has 0 radical (unpaired) electrons. The Morgan fingerprint density at radius 3 is 2.29 bits per heavy atom. The first-order valence-corrected chi connectivity index (χ1v) is 13.0. The van der Waals surface area contributed by atoms with Crippen LogP contribution < -0.4 is 10.0 Å². The van der Waals surface area contributed by atoms with Gasteiger partial charge in [0.25, 0.3) is 21.8 Å². The zero-order valence-electron chi connectivity index (χ0n) is 20.1. The summed E-state index contributed by atoms with van der Waals surface area (Å²) in [4.78, 5) is 27.3. The van der Waals surface area contributed by atoms with Gasteiger partial charge < -0.3 is 10.2 Å². The summed E-state index contributed by atoms with van der Waals surface area (Å²) in [5.74, 6) is -0.771. The second-order valence-electron chi connectivity index (χ2n) is 8.05. The molecule has 3 rings (SSSR count). The summed E-state index contributed by atoms with van der Waals surface area (Å²) in [6.45, 7) is 8.47. The molecule has 0 aliphatic heterocycles. The van der Waals surface area contributed by atoms with Crippen LogP contribution in [0.25, 0.3) is 0 Å². The van der Waals surface area contributed by atoms with Crippen molar-refractivity contribution in [3.05, 3.63) is 87.9 Å². The van der Waals surface area contributed by atoms with Gasteiger partial charge in [0.1, 0.15) is 4.90 Å². The van der Waals surface area contributed by atoms with Gasteiger partial charge in [-0.25, -0.2) is 8.42 Å². The molecule has 0 bridgehead atoms. The number of hydrogen-bond acceptors (Lipinski definition) is 4. The summed E-state index contributed by atoms with van der Waals surface area (Å²) in [6.07, 6.45) is 0. The zero-order valence-corrected chi connectivity index (χ0v) is 21.6. The van der Waals surface area contributed by atoms with E-state index in [-0.39, 0.29) is 21.4 Å². The van der Waals surface area contributed by atoms with Crippen LogP contribution in [0.15, 0.2) is 65.6 Å². The first kappa shape index (κ1) is 26.2. The third-order valence-electron chi connectivity index (χ3n) is 5.58. The predicted octanol–water partition coefficient (Wildman–Crippen LogP) is 5.49. The van der Waals surface area contributed by atoms with Crippen molar-refractivity contribution in [3.8, 4) is 0 Å². The lowest BCUT2D eigenvalue weighted by Crippen LogP contribution is -2.31. The highest BCUT2D eigenvalue weighted by Crippen LogP contribution is 2.27. The lowest BCUT2D eigenvalue weighted by molar-refractivity contribution is 0.0774. The minimum Gasteiger partial charge on any atom is -0.339 e. The second-order valence-corrected chi connectivity index (χ2v) is 10.1. The first-order chi connectivity index (χ1) is 16.6. The van der Waals surface area contributed by atoms with Gasteiger partial charge in [0, 0.05) is 18.7 Å². The molecular weight excluding hydrogens is 486 g/mol. The fourth-order valence-corrected chi connectivity index (χ4v) is 5.20. The van der Waals surface area contributed by atoms with Gasteiger partial charge in [-0.3, -0.25) is 14.3 Å². The molecule has 3 aromatic carbocycles. The van der Waals surface area contributed by atoms with E-state index in [4.69, 9.17) is 11.6 Å². The van der Waals surface area contributed by atoms with Crippen LogP contribution in [0.2, 0.25) is 5.02 Å². The number of carbonyl (C=O) groups is 2. The van der Waals surface area contributed by atoms with Crippen LogP contribution in [0, 0.1) is 13.8 Å². The SMILES string of the molecule is CCN(CC)C(=O)c1ccccc1NC(=O)c1ccc(Cl)c(S(=O)(=O)Nc2cc(C)ccc2C)c1. The molecule has 9 heteroatoms. The molecule has 0 fully saturated rings. The number of aryl methyl sites for hydroxylation is 2. The number of para-hydroxylation sites is 1. The Balaban J connectivity index is 1.91. The van der Waals surface area contributed by atoms with Crippen molar-refractivity contribution < 1.29 is 18.0 Å². The lowest BCUT2D eigenvalue weighted by Gasteiger charge is -2.20. The molecule has 7 nitrogen and oxygen atoms in total. The van der Waals surface area contributed by atoms with Crippen molar-refractivity contribution in [3.63, 3.8) is 0 Å². The highest BCUT2D eigenvalue weighted by molar-refractivity contribution is 7.92. The number of carbonyl (C=O) groups excluding carboxylic acids is 2. The highest BCUT2D eigenvalue weighted by Gasteiger charge is 2.22. The van der Waals surface area contributed by atoms with Gasteiger partial charge in [0.05, 0.1) is 22.0 Å². The Morgan fingerprint density at radius 1 is 0.914 bits per heavy atom. The third kappa shape index (κ3) is 6.01. The molecular formula is C26H28ClN3O4S. The van der Waals surface area contributed by atoms with Crippen molar-refractivity contribution in [1.29, 1.82) is 0 Å². The molecule has 0 aliphatic rings. The quantitative estimate of drug-likeness (QED) is 0.416. The van der Waals surface area contributed by atoms with Crippen LogP contribution in [0.4, 0.5) is 11.4 Å². The number of halogens is 1. The van der Waals surface area contributed by atoms with E-state index in [1.165, 1.54) is 18.2 Å². The number of benzene rings is 3. The third-order valence-corrected chi connectivity index (χ3v) is 7.42. The Labute approximate surface area is 211 Å². The summed E-state index contributed by atoms with van der Waals surface area (Å²) in [5.41, 5.74) is 2.84. The second kappa shape index (κ2) is 10.9. The van der Waals surface area contributed by atoms with Gasteiger partial charge in [-0.1, -0.05) is 35.9 Å². The van der Waals surface area contributed by atoms with E-state index in [2.05, 4.69) is 10.0 Å². The first-order valence-electron chi connectivity index (χ1n) is 11.2. The van der Waals surface area contributed by atoms with Gasteiger partial charge in [-0.2, -0.15) is 0 Å². The molecule has 0 aromatic heterocycles. The summed E-state index contributed by atoms with van der Waals surface area (Å²) < 4.78 is 28.8. The van der Waals surface area contributed by atoms with E-state index >= 15 is 0 Å². The van der Waals surface area contributed by atoms with Crippen LogP contribution in [0.1, 0.15) is 45.7 Å². The molecule has 3 aromatic rings. The molecule has 0 aliphatic carbocycles. The molecule has 184 valence electrons. The van der Waals surface area contributed by atoms with Gasteiger partial charge in [0.15, 0.2) is 0 Å². The topological polar surface area (TPSA) is 95.6 Å². The molecule has 0 saturated carbocycles. The Kier molecular flexibility index (Phi) is 8.19. The van der Waals surface area contributed by atoms with E-state index in [0.29, 0.717) is 30.0 Å². The van der Waals surface area contributed by atoms with Gasteiger partial charge in [-0.05, 0) is 75.2 Å². The van der Waals surface area contributed by atoms with Gasteiger partial charge >= 0.3 is 0 Å². The molecule has 0 saturated heterocycles. The number of sulfonamides is 1. The smallest absolute Gasteiger partial charge is 0.263 e. The highest BCUT2D eigenvalue weighted by atomic mass is 35.5. The minimum atomic E-state index is -4.07. The van der Waals surface area contributed by atoms with Crippen molar-refractivity contribution in [2.24, 2.45) is 0 Å². The van der Waals surface area contributed by atoms with Crippen molar-refractivity contribution in [2.75, 3.05) is 23.1 Å². The van der Waals surface area contributed by atoms with Crippen molar-refractivity contribution >= 4 is 44.8 Å². The zero-order chi connectivity index (χ0) is 25.8. The van der Waals surface area contributed by atoms with Crippen LogP contribution in [0.3, 0.4) is 0 Å². The van der Waals surface area contributed by atoms with Crippen molar-refractivity contribution in [1.82, 2.24) is 4.90 Å². The molecule has 2 N–H and O–H groups in total. The summed E-state index contributed by atoms with van der Waals surface area (Å²) in [7, 11) is -4.07. The van der Waals surface area contributed by atoms with Crippen LogP contribution in [0.5, 0.6) is 0 Å². The number of amides is 2. The largest absolute Gasteiger partial charge is 0.339 e. The van der Waals surface area contributed by atoms with Gasteiger partial charge in [-0.15, -0.1) is 0 Å². The Bertz CT molecular complexity index is 1370. The summed E-state index contributed by atoms with van der Waals surface area (Å²) in [6, 6.07) is 16.1. The maximum Gasteiger partial charge on any atom is 0.263 e. The van der Waals surface area contributed by atoms with Crippen LogP contribution >= 0.6 is 11.6 Å². The molecule has 0 spiro atoms. The van der Waals surface area contributed by atoms with E-state index < -0.39 is 15.9 Å². The van der Waals surface area contributed by atoms with Crippen molar-refractivity contribution in [2.45, 2.75) is 32.6 Å². The maximum atomic E-state index is 13.1. The average molecular weight is 514 g/mol. The van der Waals surface area contributed by atoms with E-state index in [9.17, 15) is 18.0 Å².